The number of nitrogens with one attached hydrogen (secondary N) is 2. The number of amides is 2. The molecule has 0 spiro atoms. The fraction of sp³-hybridized carbons (Fsp3) is 0.143. The summed E-state index contributed by atoms with van der Waals surface area (Å²) in [5, 5.41) is 5.87. The van der Waals surface area contributed by atoms with Gasteiger partial charge in [0.1, 0.15) is 14.1 Å². The van der Waals surface area contributed by atoms with Crippen molar-refractivity contribution in [3.63, 3.8) is 0 Å². The molecule has 0 fully saturated rings. The second-order valence-electron chi connectivity index (χ2n) is 8.40. The average molecular weight is 453 g/mol. The number of hydrogen-bond donors (Lipinski definition) is 2. The summed E-state index contributed by atoms with van der Waals surface area (Å²) in [6, 6.07) is 22.5. The number of aromatic nitrogens is 2. The van der Waals surface area contributed by atoms with E-state index in [0.717, 1.165) is 33.9 Å². The van der Waals surface area contributed by atoms with Gasteiger partial charge in [-0.1, -0.05) is 24.3 Å². The monoisotopic (exact) mass is 452 g/mol. The second kappa shape index (κ2) is 9.67. The maximum atomic E-state index is 12.6. The van der Waals surface area contributed by atoms with Crippen LogP contribution in [-0.2, 0) is 14.1 Å². The van der Waals surface area contributed by atoms with E-state index in [1.807, 2.05) is 98.0 Å². The first-order valence-corrected chi connectivity index (χ1v) is 11.1. The molecule has 2 amide bonds. The van der Waals surface area contributed by atoms with Gasteiger partial charge in [-0.15, -0.1) is 0 Å². The van der Waals surface area contributed by atoms with Crippen LogP contribution in [0.1, 0.15) is 32.1 Å². The van der Waals surface area contributed by atoms with Crippen molar-refractivity contribution >= 4 is 23.2 Å². The van der Waals surface area contributed by atoms with Crippen LogP contribution in [0.25, 0.3) is 11.1 Å². The Morgan fingerprint density at radius 2 is 0.941 bits per heavy atom. The molecule has 34 heavy (non-hydrogen) atoms. The van der Waals surface area contributed by atoms with Gasteiger partial charge in [0.05, 0.1) is 11.4 Å². The zero-order chi connectivity index (χ0) is 24.2. The first-order chi connectivity index (χ1) is 16.3. The van der Waals surface area contributed by atoms with Crippen LogP contribution in [0.4, 0.5) is 11.4 Å². The second-order valence-corrected chi connectivity index (χ2v) is 8.40. The van der Waals surface area contributed by atoms with E-state index in [0.29, 0.717) is 11.1 Å². The molecule has 2 aromatic carbocycles. The number of nitrogens with zero attached hydrogens (tertiary/aromatic N) is 2. The highest BCUT2D eigenvalue weighted by molar-refractivity contribution is 6.05. The lowest BCUT2D eigenvalue weighted by atomic mass is 10.0. The van der Waals surface area contributed by atoms with Gasteiger partial charge in [-0.3, -0.25) is 9.59 Å². The maximum absolute atomic E-state index is 12.6. The minimum absolute atomic E-state index is 0.156. The summed E-state index contributed by atoms with van der Waals surface area (Å²) in [5.41, 5.74) is 6.73. The Labute approximate surface area is 199 Å². The van der Waals surface area contributed by atoms with Crippen molar-refractivity contribution in [2.75, 3.05) is 10.6 Å². The molecule has 2 heterocycles. The van der Waals surface area contributed by atoms with Crippen LogP contribution in [0.3, 0.4) is 0 Å². The molecule has 4 rings (SSSR count). The van der Waals surface area contributed by atoms with Gasteiger partial charge in [-0.2, -0.15) is 0 Å². The van der Waals surface area contributed by atoms with Crippen molar-refractivity contribution in [2.24, 2.45) is 14.1 Å². The van der Waals surface area contributed by atoms with Crippen LogP contribution in [0.5, 0.6) is 0 Å². The molecule has 0 aliphatic heterocycles. The van der Waals surface area contributed by atoms with Gasteiger partial charge in [0.2, 0.25) is 0 Å². The third-order valence-corrected chi connectivity index (χ3v) is 5.94. The van der Waals surface area contributed by atoms with Crippen molar-refractivity contribution in [1.82, 2.24) is 0 Å². The van der Waals surface area contributed by atoms with Crippen molar-refractivity contribution in [3.8, 4) is 11.1 Å². The number of carbonyl (C=O) groups is 2. The summed E-state index contributed by atoms with van der Waals surface area (Å²) in [7, 11) is 3.92. The molecule has 6 nitrogen and oxygen atoms in total. The first kappa shape index (κ1) is 22.9. The molecule has 6 heteroatoms. The van der Waals surface area contributed by atoms with Crippen molar-refractivity contribution in [2.45, 2.75) is 13.8 Å². The van der Waals surface area contributed by atoms with E-state index in [1.165, 1.54) is 0 Å². The SMILES string of the molecule is Cc1cc(NC(=O)c2ccc(-c3ccc(C(=O)Nc4cc[n+](C)c(C)c4)cc3)cc2)cc[n+]1C. The third kappa shape index (κ3) is 5.18. The summed E-state index contributed by atoms with van der Waals surface area (Å²) in [5.74, 6) is -0.312. The predicted octanol–water partition coefficient (Wildman–Crippen LogP) is 4.12. The summed E-state index contributed by atoms with van der Waals surface area (Å²) < 4.78 is 3.98. The lowest BCUT2D eigenvalue weighted by Crippen LogP contribution is -2.31. The minimum Gasteiger partial charge on any atom is -0.322 e. The van der Waals surface area contributed by atoms with E-state index >= 15 is 0 Å². The highest BCUT2D eigenvalue weighted by Crippen LogP contribution is 2.21. The molecule has 2 aromatic heterocycles. The number of hydrogen-bond acceptors (Lipinski definition) is 2. The van der Waals surface area contributed by atoms with Crippen molar-refractivity contribution < 1.29 is 18.7 Å². The van der Waals surface area contributed by atoms with Gasteiger partial charge in [-0.25, -0.2) is 9.13 Å². The van der Waals surface area contributed by atoms with E-state index < -0.39 is 0 Å². The van der Waals surface area contributed by atoms with E-state index in [-0.39, 0.29) is 11.8 Å². The molecule has 0 unspecified atom stereocenters. The summed E-state index contributed by atoms with van der Waals surface area (Å²) >= 11 is 0. The minimum atomic E-state index is -0.156. The quantitative estimate of drug-likeness (QED) is 0.447. The Morgan fingerprint density at radius 1 is 0.588 bits per heavy atom. The highest BCUT2D eigenvalue weighted by atomic mass is 16.2. The lowest BCUT2D eigenvalue weighted by molar-refractivity contribution is -0.677. The lowest BCUT2D eigenvalue weighted by Gasteiger charge is -2.08. The Balaban J connectivity index is 1.42. The van der Waals surface area contributed by atoms with Crippen LogP contribution in [0.2, 0.25) is 0 Å². The number of anilines is 2. The summed E-state index contributed by atoms with van der Waals surface area (Å²) in [6.07, 6.45) is 3.83. The normalized spacial score (nSPS) is 10.6. The number of rotatable bonds is 5. The average Bonchev–Trinajstić information content (AvgIpc) is 2.84. The Kier molecular flexibility index (Phi) is 6.50. The van der Waals surface area contributed by atoms with E-state index in [2.05, 4.69) is 10.6 Å². The van der Waals surface area contributed by atoms with E-state index in [1.54, 1.807) is 24.3 Å². The molecule has 170 valence electrons. The predicted molar refractivity (Wildman–Crippen MR) is 132 cm³/mol. The van der Waals surface area contributed by atoms with Crippen LogP contribution in [0, 0.1) is 13.8 Å². The smallest absolute Gasteiger partial charge is 0.255 e. The van der Waals surface area contributed by atoms with Crippen LogP contribution >= 0.6 is 0 Å². The molecule has 0 bridgehead atoms. The molecular formula is C28H28N4O2+2. The molecule has 0 saturated heterocycles. The first-order valence-electron chi connectivity index (χ1n) is 11.1. The Morgan fingerprint density at radius 3 is 1.26 bits per heavy atom. The molecule has 0 atom stereocenters. The molecule has 0 aliphatic rings. The van der Waals surface area contributed by atoms with Crippen LogP contribution in [0.15, 0.2) is 85.2 Å². The largest absolute Gasteiger partial charge is 0.322 e. The molecule has 0 radical (unpaired) electrons. The molecule has 0 saturated carbocycles. The van der Waals surface area contributed by atoms with Gasteiger partial charge < -0.3 is 10.6 Å². The number of aryl methyl sites for hydroxylation is 4. The summed E-state index contributed by atoms with van der Waals surface area (Å²) in [4.78, 5) is 25.2. The fourth-order valence-corrected chi connectivity index (χ4v) is 3.56. The molecule has 0 aliphatic carbocycles. The van der Waals surface area contributed by atoms with E-state index in [4.69, 9.17) is 0 Å². The Bertz CT molecular complexity index is 1250. The van der Waals surface area contributed by atoms with Gasteiger partial charge in [0.15, 0.2) is 23.8 Å². The van der Waals surface area contributed by atoms with E-state index in [9.17, 15) is 9.59 Å². The number of carbonyl (C=O) groups excluding carboxylic acids is 2. The molecule has 2 N–H and O–H groups in total. The Hall–Kier alpha value is -4.32. The van der Waals surface area contributed by atoms with Gasteiger partial charge in [0.25, 0.3) is 11.8 Å². The topological polar surface area (TPSA) is 66.0 Å². The molecular weight excluding hydrogens is 424 g/mol. The zero-order valence-corrected chi connectivity index (χ0v) is 19.8. The zero-order valence-electron chi connectivity index (χ0n) is 19.8. The standard InChI is InChI=1S/C28H26N4O2/c1-19-17-25(13-15-31(19)3)29-27(33)23-9-5-21(6-10-23)22-7-11-24(12-8-22)28(34)30-26-14-16-32(4)20(2)18-26/h5-18H,1-4H3/p+2. The molecule has 4 aromatic rings. The van der Waals surface area contributed by atoms with Gasteiger partial charge in [-0.05, 0) is 35.4 Å². The van der Waals surface area contributed by atoms with Crippen LogP contribution < -0.4 is 19.8 Å². The van der Waals surface area contributed by atoms with Crippen molar-refractivity contribution in [1.29, 1.82) is 0 Å². The highest BCUT2D eigenvalue weighted by Gasteiger charge is 2.11. The van der Waals surface area contributed by atoms with Crippen LogP contribution in [-0.4, -0.2) is 11.8 Å². The van der Waals surface area contributed by atoms with Gasteiger partial charge >= 0.3 is 0 Å². The maximum Gasteiger partial charge on any atom is 0.255 e. The third-order valence-electron chi connectivity index (χ3n) is 5.94. The van der Waals surface area contributed by atoms with Crippen molar-refractivity contribution in [3.05, 3.63) is 108 Å². The number of benzene rings is 2. The number of pyridine rings is 2. The van der Waals surface area contributed by atoms with Gasteiger partial charge in [0, 0.05) is 49.2 Å². The fourth-order valence-electron chi connectivity index (χ4n) is 3.56. The summed E-state index contributed by atoms with van der Waals surface area (Å²) in [6.45, 7) is 3.98.